The predicted octanol–water partition coefficient (Wildman–Crippen LogP) is 3.57. The van der Waals surface area contributed by atoms with Gasteiger partial charge in [-0.25, -0.2) is 9.37 Å². The van der Waals surface area contributed by atoms with Crippen molar-refractivity contribution in [2.24, 2.45) is 0 Å². The molecule has 1 aliphatic heterocycles. The molecule has 12 heteroatoms. The Bertz CT molecular complexity index is 1430. The molecule has 1 aliphatic rings. The zero-order chi connectivity index (χ0) is 26.7. The lowest BCUT2D eigenvalue weighted by molar-refractivity contribution is 0.354. The average Bonchev–Trinajstić information content (AvgIpc) is 2.86. The van der Waals surface area contributed by atoms with E-state index in [0.29, 0.717) is 41.7 Å². The Labute approximate surface area is 216 Å². The van der Waals surface area contributed by atoms with Crippen molar-refractivity contribution in [1.82, 2.24) is 18.6 Å². The summed E-state index contributed by atoms with van der Waals surface area (Å²) in [6, 6.07) is 11.9. The molecule has 194 valence electrons. The van der Waals surface area contributed by atoms with Crippen LogP contribution in [0.5, 0.6) is 11.6 Å². The fourth-order valence-electron chi connectivity index (χ4n) is 4.10. The summed E-state index contributed by atoms with van der Waals surface area (Å²) < 4.78 is 48.2. The molecule has 0 radical (unpaired) electrons. The number of benzene rings is 2. The Hall–Kier alpha value is -3.79. The number of hydrogen-bond donors (Lipinski definition) is 1. The topological polar surface area (TPSA) is 115 Å². The second kappa shape index (κ2) is 10.7. The van der Waals surface area contributed by atoms with E-state index in [9.17, 15) is 8.42 Å². The Morgan fingerprint density at radius 2 is 1.76 bits per heavy atom. The van der Waals surface area contributed by atoms with Crippen molar-refractivity contribution in [3.8, 4) is 17.7 Å². The van der Waals surface area contributed by atoms with E-state index in [1.165, 1.54) is 35.0 Å². The van der Waals surface area contributed by atoms with Gasteiger partial charge in [0.05, 0.1) is 17.3 Å². The van der Waals surface area contributed by atoms with Gasteiger partial charge in [0.1, 0.15) is 11.6 Å². The van der Waals surface area contributed by atoms with Crippen LogP contribution < -0.4 is 15.0 Å². The van der Waals surface area contributed by atoms with Crippen LogP contribution >= 0.6 is 0 Å². The van der Waals surface area contributed by atoms with E-state index in [1.807, 2.05) is 18.7 Å². The van der Waals surface area contributed by atoms with Gasteiger partial charge in [0.2, 0.25) is 11.8 Å². The van der Waals surface area contributed by atoms with Gasteiger partial charge in [-0.2, -0.15) is 27.3 Å². The normalized spacial score (nSPS) is 14.5. The van der Waals surface area contributed by atoms with E-state index < -0.39 is 16.0 Å². The summed E-state index contributed by atoms with van der Waals surface area (Å²) in [6.07, 6.45) is 1.53. The molecule has 1 aromatic heterocycles. The number of nitriles is 1. The molecule has 2 heterocycles. The van der Waals surface area contributed by atoms with Gasteiger partial charge in [-0.15, -0.1) is 0 Å². The molecule has 37 heavy (non-hydrogen) atoms. The molecule has 0 atom stereocenters. The second-order valence-corrected chi connectivity index (χ2v) is 11.0. The number of aromatic nitrogens is 2. The number of aryl methyl sites for hydroxylation is 2. The zero-order valence-electron chi connectivity index (χ0n) is 21.1. The number of nitrogens with one attached hydrogen (secondary N) is 1. The van der Waals surface area contributed by atoms with Gasteiger partial charge >= 0.3 is 0 Å². The monoisotopic (exact) mass is 525 g/mol. The molecule has 0 bridgehead atoms. The number of halogens is 1. The van der Waals surface area contributed by atoms with E-state index in [2.05, 4.69) is 21.4 Å². The Morgan fingerprint density at radius 1 is 1.08 bits per heavy atom. The highest BCUT2D eigenvalue weighted by Gasteiger charge is 2.29. The Morgan fingerprint density at radius 3 is 2.35 bits per heavy atom. The minimum Gasteiger partial charge on any atom is -0.438 e. The lowest BCUT2D eigenvalue weighted by atomic mass is 10.1. The quantitative estimate of drug-likeness (QED) is 0.498. The summed E-state index contributed by atoms with van der Waals surface area (Å²) in [6.45, 7) is 5.03. The highest BCUT2D eigenvalue weighted by atomic mass is 32.2. The van der Waals surface area contributed by atoms with Crippen LogP contribution in [0.15, 0.2) is 42.6 Å². The first kappa shape index (κ1) is 26.3. The fraction of sp³-hybridized carbons (Fsp3) is 0.320. The van der Waals surface area contributed by atoms with E-state index >= 15 is 4.39 Å². The van der Waals surface area contributed by atoms with Crippen LogP contribution in [0.1, 0.15) is 16.7 Å². The number of hydrogen-bond acceptors (Lipinski definition) is 8. The van der Waals surface area contributed by atoms with Crippen LogP contribution in [-0.2, 0) is 10.2 Å². The van der Waals surface area contributed by atoms with Gasteiger partial charge in [0.15, 0.2) is 0 Å². The third-order valence-electron chi connectivity index (χ3n) is 6.00. The van der Waals surface area contributed by atoms with Gasteiger partial charge in [0.25, 0.3) is 10.2 Å². The molecule has 1 N–H and O–H groups in total. The molecule has 0 saturated carbocycles. The van der Waals surface area contributed by atoms with Crippen LogP contribution in [0, 0.1) is 31.0 Å². The second-order valence-electron chi connectivity index (χ2n) is 8.84. The van der Waals surface area contributed by atoms with Crippen molar-refractivity contribution >= 4 is 27.5 Å². The smallest absolute Gasteiger partial charge is 0.281 e. The van der Waals surface area contributed by atoms with Crippen LogP contribution in [0.2, 0.25) is 0 Å². The first-order valence-corrected chi connectivity index (χ1v) is 13.0. The van der Waals surface area contributed by atoms with Gasteiger partial charge in [-0.3, -0.25) is 0 Å². The largest absolute Gasteiger partial charge is 0.438 e. The maximum atomic E-state index is 15.0. The number of anilines is 3. The molecular weight excluding hydrogens is 497 g/mol. The molecule has 3 aromatic rings. The summed E-state index contributed by atoms with van der Waals surface area (Å²) in [4.78, 5) is 10.4. The van der Waals surface area contributed by atoms with Crippen molar-refractivity contribution < 1.29 is 17.5 Å². The van der Waals surface area contributed by atoms with Crippen molar-refractivity contribution in [2.75, 3.05) is 50.5 Å². The number of ether oxygens (including phenoxy) is 1. The minimum absolute atomic E-state index is 0.233. The SMILES string of the molecule is Cc1cc(C#N)cc(C)c1Oc1ccnc(Nc2ccc(N3CCN(S(=O)(=O)N(C)C)CC3)c(F)c2)n1. The van der Waals surface area contributed by atoms with Gasteiger partial charge < -0.3 is 15.0 Å². The summed E-state index contributed by atoms with van der Waals surface area (Å²) in [5.74, 6) is 0.704. The average molecular weight is 526 g/mol. The highest BCUT2D eigenvalue weighted by molar-refractivity contribution is 7.86. The third-order valence-corrected chi connectivity index (χ3v) is 7.94. The minimum atomic E-state index is -3.49. The molecule has 0 unspecified atom stereocenters. The standard InChI is InChI=1S/C25H28FN7O3S/c1-17-13-19(16-27)14-18(2)24(17)36-23-7-8-28-25(30-23)29-20-5-6-22(21(26)15-20)32-9-11-33(12-10-32)37(34,35)31(3)4/h5-8,13-15H,9-12H2,1-4H3,(H,28,29,30). The van der Waals surface area contributed by atoms with E-state index in [4.69, 9.17) is 10.00 Å². The molecule has 0 spiro atoms. The van der Waals surface area contributed by atoms with Crippen LogP contribution in [0.4, 0.5) is 21.7 Å². The third kappa shape index (κ3) is 5.80. The number of nitrogens with zero attached hydrogens (tertiary/aromatic N) is 6. The predicted molar refractivity (Wildman–Crippen MR) is 139 cm³/mol. The maximum absolute atomic E-state index is 15.0. The first-order valence-electron chi connectivity index (χ1n) is 11.6. The van der Waals surface area contributed by atoms with E-state index in [-0.39, 0.29) is 19.0 Å². The van der Waals surface area contributed by atoms with Gasteiger partial charge in [-0.1, -0.05) is 0 Å². The van der Waals surface area contributed by atoms with E-state index in [1.54, 1.807) is 30.3 Å². The summed E-state index contributed by atoms with van der Waals surface area (Å²) in [5, 5.41) is 12.1. The number of rotatable bonds is 7. The Balaban J connectivity index is 1.44. The molecule has 1 saturated heterocycles. The van der Waals surface area contributed by atoms with Crippen molar-refractivity contribution in [2.45, 2.75) is 13.8 Å². The Kier molecular flexibility index (Phi) is 7.58. The molecule has 10 nitrogen and oxygen atoms in total. The lowest BCUT2D eigenvalue weighted by Crippen LogP contribution is -2.51. The zero-order valence-corrected chi connectivity index (χ0v) is 21.9. The number of piperazine rings is 1. The van der Waals surface area contributed by atoms with Crippen LogP contribution in [-0.4, -0.2) is 67.3 Å². The lowest BCUT2D eigenvalue weighted by Gasteiger charge is -2.36. The molecule has 1 fully saturated rings. The first-order chi connectivity index (χ1) is 17.6. The summed E-state index contributed by atoms with van der Waals surface area (Å²) in [5.41, 5.74) is 3.03. The molecular formula is C25H28FN7O3S. The van der Waals surface area contributed by atoms with Crippen molar-refractivity contribution in [1.29, 1.82) is 5.26 Å². The molecule has 2 aromatic carbocycles. The van der Waals surface area contributed by atoms with Gasteiger partial charge in [-0.05, 0) is 55.3 Å². The maximum Gasteiger partial charge on any atom is 0.281 e. The molecule has 0 aliphatic carbocycles. The van der Waals surface area contributed by atoms with Crippen molar-refractivity contribution in [3.05, 3.63) is 65.1 Å². The van der Waals surface area contributed by atoms with Crippen LogP contribution in [0.3, 0.4) is 0 Å². The highest BCUT2D eigenvalue weighted by Crippen LogP contribution is 2.30. The van der Waals surface area contributed by atoms with Crippen LogP contribution in [0.25, 0.3) is 0 Å². The van der Waals surface area contributed by atoms with Gasteiger partial charge in [0, 0.05) is 58.2 Å². The molecule has 4 rings (SSSR count). The van der Waals surface area contributed by atoms with Crippen molar-refractivity contribution in [3.63, 3.8) is 0 Å². The molecule has 0 amide bonds. The summed E-state index contributed by atoms with van der Waals surface area (Å²) >= 11 is 0. The fourth-order valence-corrected chi connectivity index (χ4v) is 5.19. The summed E-state index contributed by atoms with van der Waals surface area (Å²) in [7, 11) is -0.502. The van der Waals surface area contributed by atoms with E-state index in [0.717, 1.165) is 11.1 Å².